The fourth-order valence-electron chi connectivity index (χ4n) is 2.83. The molecule has 1 heterocycles. The Bertz CT molecular complexity index is 327. The molecule has 0 spiro atoms. The molecule has 1 aliphatic carbocycles. The molecule has 0 aromatic rings. The van der Waals surface area contributed by atoms with Crippen molar-refractivity contribution >= 4 is 37.6 Å². The van der Waals surface area contributed by atoms with E-state index in [1.807, 2.05) is 6.92 Å². The summed E-state index contributed by atoms with van der Waals surface area (Å²) in [6, 6.07) is 0.0516. The summed E-state index contributed by atoms with van der Waals surface area (Å²) in [4.78, 5) is 13.8. The molecule has 1 saturated heterocycles. The van der Waals surface area contributed by atoms with Gasteiger partial charge in [0.2, 0.25) is 0 Å². The Morgan fingerprint density at radius 2 is 2.07 bits per heavy atom. The van der Waals surface area contributed by atoms with E-state index in [1.54, 1.807) is 6.92 Å². The molecule has 0 bridgehead atoms. The molecule has 84 valence electrons. The number of ketones is 1. The molecule has 2 nitrogen and oxygen atoms in total. The van der Waals surface area contributed by atoms with E-state index in [2.05, 4.69) is 43.3 Å². The second-order valence-electron chi connectivity index (χ2n) is 4.68. The van der Waals surface area contributed by atoms with Crippen molar-refractivity contribution in [1.29, 1.82) is 0 Å². The Morgan fingerprint density at radius 1 is 1.47 bits per heavy atom. The van der Waals surface area contributed by atoms with E-state index in [1.165, 1.54) is 0 Å². The first-order chi connectivity index (χ1) is 6.84. The first kappa shape index (κ1) is 11.6. The van der Waals surface area contributed by atoms with Gasteiger partial charge in [-0.15, -0.1) is 0 Å². The highest BCUT2D eigenvalue weighted by molar-refractivity contribution is 9.25. The van der Waals surface area contributed by atoms with E-state index in [-0.39, 0.29) is 15.1 Å². The van der Waals surface area contributed by atoms with Crippen molar-refractivity contribution in [2.75, 3.05) is 6.54 Å². The van der Waals surface area contributed by atoms with Crippen molar-refractivity contribution in [3.63, 3.8) is 0 Å². The summed E-state index contributed by atoms with van der Waals surface area (Å²) in [6.07, 6.45) is 1.02. The van der Waals surface area contributed by atoms with E-state index < -0.39 is 0 Å². The minimum absolute atomic E-state index is 0.0442. The Labute approximate surface area is 107 Å². The molecule has 0 aromatic carbocycles. The molecule has 2 fully saturated rings. The molecule has 4 heteroatoms. The first-order valence-corrected chi connectivity index (χ1v) is 6.73. The van der Waals surface area contributed by atoms with Gasteiger partial charge in [-0.1, -0.05) is 38.4 Å². The molecule has 0 N–H and O–H groups in total. The number of halogens is 2. The molecule has 0 amide bonds. The monoisotopic (exact) mass is 335 g/mol. The van der Waals surface area contributed by atoms with Crippen molar-refractivity contribution in [3.8, 4) is 0 Å². The van der Waals surface area contributed by atoms with Crippen LogP contribution in [-0.2, 0) is 4.79 Å². The third kappa shape index (κ3) is 1.70. The largest absolute Gasteiger partial charge is 0.365 e. The van der Waals surface area contributed by atoms with Crippen LogP contribution >= 0.6 is 31.9 Å². The standard InChI is InChI=1S/C11H15Br2NO/c1-6(2)14-5-9-8(4-11(9,12)13)10(14)7(3)15/h8-10H,1,4-5H2,2-3H3/t8-,9-,10+/m0/s1. The number of Topliss-reactive ketones (excluding diaryl/α,β-unsaturated/α-hetero) is 1. The predicted octanol–water partition coefficient (Wildman–Crippen LogP) is 2.92. The Balaban J connectivity index is 2.23. The van der Waals surface area contributed by atoms with E-state index in [4.69, 9.17) is 0 Å². The summed E-state index contributed by atoms with van der Waals surface area (Å²) in [5.41, 5.74) is 1.00. The summed E-state index contributed by atoms with van der Waals surface area (Å²) in [6.45, 7) is 8.55. The molecule has 0 unspecified atom stereocenters. The quantitative estimate of drug-likeness (QED) is 0.723. The number of rotatable bonds is 2. The van der Waals surface area contributed by atoms with Gasteiger partial charge in [0.1, 0.15) is 0 Å². The molecular weight excluding hydrogens is 322 g/mol. The fourth-order valence-corrected chi connectivity index (χ4v) is 4.55. The molecule has 2 rings (SSSR count). The second kappa shape index (κ2) is 3.59. The number of nitrogens with zero attached hydrogens (tertiary/aromatic N) is 1. The zero-order valence-corrected chi connectivity index (χ0v) is 12.1. The molecule has 1 aliphatic heterocycles. The molecule has 0 radical (unpaired) electrons. The van der Waals surface area contributed by atoms with Gasteiger partial charge in [-0.05, 0) is 26.2 Å². The zero-order valence-electron chi connectivity index (χ0n) is 8.96. The van der Waals surface area contributed by atoms with Crippen LogP contribution in [-0.4, -0.2) is 26.5 Å². The number of carbonyl (C=O) groups is 1. The maximum Gasteiger partial charge on any atom is 0.152 e. The van der Waals surface area contributed by atoms with Crippen LogP contribution in [0.25, 0.3) is 0 Å². The number of hydrogen-bond acceptors (Lipinski definition) is 2. The van der Waals surface area contributed by atoms with Gasteiger partial charge in [-0.3, -0.25) is 4.79 Å². The van der Waals surface area contributed by atoms with E-state index >= 15 is 0 Å². The van der Waals surface area contributed by atoms with Gasteiger partial charge < -0.3 is 4.90 Å². The highest BCUT2D eigenvalue weighted by Gasteiger charge is 2.60. The molecule has 3 atom stereocenters. The lowest BCUT2D eigenvalue weighted by Gasteiger charge is -2.44. The summed E-state index contributed by atoms with van der Waals surface area (Å²) in [5.74, 6) is 1.27. The third-order valence-electron chi connectivity index (χ3n) is 3.61. The normalized spacial score (nSPS) is 37.1. The number of likely N-dealkylation sites (tertiary alicyclic amines) is 1. The summed E-state index contributed by atoms with van der Waals surface area (Å²) in [5, 5.41) is 0. The molecule has 15 heavy (non-hydrogen) atoms. The molecular formula is C11H15Br2NO. The van der Waals surface area contributed by atoms with Gasteiger partial charge in [0, 0.05) is 18.2 Å². The number of fused-ring (bicyclic) bond motifs is 1. The minimum atomic E-state index is 0.0442. The van der Waals surface area contributed by atoms with Crippen molar-refractivity contribution < 1.29 is 4.79 Å². The first-order valence-electron chi connectivity index (χ1n) is 5.15. The highest BCUT2D eigenvalue weighted by atomic mass is 79.9. The molecule has 1 saturated carbocycles. The van der Waals surface area contributed by atoms with E-state index in [9.17, 15) is 4.79 Å². The molecule has 0 aromatic heterocycles. The third-order valence-corrected chi connectivity index (χ3v) is 5.43. The highest BCUT2D eigenvalue weighted by Crippen LogP contribution is 2.60. The number of carbonyl (C=O) groups excluding carboxylic acids is 1. The van der Waals surface area contributed by atoms with Gasteiger partial charge >= 0.3 is 0 Å². The van der Waals surface area contributed by atoms with Crippen LogP contribution in [0.5, 0.6) is 0 Å². The maximum atomic E-state index is 11.6. The number of hydrogen-bond donors (Lipinski definition) is 0. The Kier molecular flexibility index (Phi) is 2.79. The summed E-state index contributed by atoms with van der Waals surface area (Å²) < 4.78 is 0.0442. The Hall–Kier alpha value is 0.170. The van der Waals surface area contributed by atoms with Crippen LogP contribution in [0.1, 0.15) is 20.3 Å². The van der Waals surface area contributed by atoms with Crippen LogP contribution < -0.4 is 0 Å². The van der Waals surface area contributed by atoms with Crippen LogP contribution in [0.4, 0.5) is 0 Å². The van der Waals surface area contributed by atoms with Crippen molar-refractivity contribution in [2.45, 2.75) is 29.5 Å². The zero-order chi connectivity index (χ0) is 11.4. The van der Waals surface area contributed by atoms with Crippen LogP contribution in [0.15, 0.2) is 12.3 Å². The van der Waals surface area contributed by atoms with E-state index in [0.717, 1.165) is 18.7 Å². The average Bonchev–Trinajstić information content (AvgIpc) is 2.39. The second-order valence-corrected chi connectivity index (χ2v) is 8.57. The number of allylic oxidation sites excluding steroid dienone is 1. The maximum absolute atomic E-state index is 11.6. The summed E-state index contributed by atoms with van der Waals surface area (Å²) >= 11 is 7.35. The van der Waals surface area contributed by atoms with Crippen LogP contribution in [0.2, 0.25) is 0 Å². The lowest BCUT2D eigenvalue weighted by Crippen LogP contribution is -2.48. The fraction of sp³-hybridized carbons (Fsp3) is 0.727. The predicted molar refractivity (Wildman–Crippen MR) is 68.2 cm³/mol. The van der Waals surface area contributed by atoms with E-state index in [0.29, 0.717) is 11.8 Å². The topological polar surface area (TPSA) is 20.3 Å². The lowest BCUT2D eigenvalue weighted by molar-refractivity contribution is -0.122. The SMILES string of the molecule is C=C(C)N1C[C@H]2[C@H](CC2(Br)Br)[C@H]1C(C)=O. The van der Waals surface area contributed by atoms with Gasteiger partial charge in [0.25, 0.3) is 0 Å². The smallest absolute Gasteiger partial charge is 0.152 e. The van der Waals surface area contributed by atoms with Crippen molar-refractivity contribution in [1.82, 2.24) is 4.90 Å². The Morgan fingerprint density at radius 3 is 2.47 bits per heavy atom. The van der Waals surface area contributed by atoms with Gasteiger partial charge in [-0.2, -0.15) is 0 Å². The minimum Gasteiger partial charge on any atom is -0.365 e. The number of alkyl halides is 2. The summed E-state index contributed by atoms with van der Waals surface area (Å²) in [7, 11) is 0. The van der Waals surface area contributed by atoms with Crippen molar-refractivity contribution in [3.05, 3.63) is 12.3 Å². The van der Waals surface area contributed by atoms with Crippen LogP contribution in [0.3, 0.4) is 0 Å². The molecule has 2 aliphatic rings. The average molecular weight is 337 g/mol. The van der Waals surface area contributed by atoms with Gasteiger partial charge in [0.05, 0.1) is 9.28 Å². The van der Waals surface area contributed by atoms with Gasteiger partial charge in [-0.25, -0.2) is 0 Å². The van der Waals surface area contributed by atoms with Crippen LogP contribution in [0, 0.1) is 11.8 Å². The van der Waals surface area contributed by atoms with Gasteiger partial charge in [0.15, 0.2) is 5.78 Å². The van der Waals surface area contributed by atoms with Crippen molar-refractivity contribution in [2.24, 2.45) is 11.8 Å². The lowest BCUT2D eigenvalue weighted by atomic mass is 9.72.